The van der Waals surface area contributed by atoms with Crippen LogP contribution in [-0.4, -0.2) is 202 Å². The molecule has 30 heteroatoms. The van der Waals surface area contributed by atoms with Gasteiger partial charge in [-0.1, -0.05) is 75.3 Å². The number of halogens is 6. The summed E-state index contributed by atoms with van der Waals surface area (Å²) in [5, 5.41) is 37.9. The molecule has 3 aliphatic carbocycles. The number of rotatable bonds is 9. The first-order valence-corrected chi connectivity index (χ1v) is 42.3. The van der Waals surface area contributed by atoms with Gasteiger partial charge in [0.1, 0.15) is 33.6 Å². The van der Waals surface area contributed by atoms with E-state index in [1.807, 2.05) is 188 Å². The minimum atomic E-state index is -1.37. The number of carbonyl (C=O) groups is 3. The van der Waals surface area contributed by atoms with Gasteiger partial charge in [-0.05, 0) is 270 Å². The lowest BCUT2D eigenvalue weighted by molar-refractivity contribution is 0.0108. The van der Waals surface area contributed by atoms with Gasteiger partial charge in [0.05, 0.1) is 89.9 Å². The summed E-state index contributed by atoms with van der Waals surface area (Å²) in [5.74, 6) is 0. The zero-order valence-corrected chi connectivity index (χ0v) is 75.4. The highest BCUT2D eigenvalue weighted by atomic mass is 79.9. The molecule has 0 bridgehead atoms. The van der Waals surface area contributed by atoms with Crippen LogP contribution in [-0.2, 0) is 52.2 Å². The molecule has 3 aromatic carbocycles. The van der Waals surface area contributed by atoms with Crippen molar-refractivity contribution in [2.75, 3.05) is 78.5 Å². The fourth-order valence-electron chi connectivity index (χ4n) is 16.2. The Kier molecular flexibility index (Phi) is 29.1. The van der Waals surface area contributed by atoms with Crippen molar-refractivity contribution in [2.45, 2.75) is 157 Å². The summed E-state index contributed by atoms with van der Waals surface area (Å²) < 4.78 is 24.8. The van der Waals surface area contributed by atoms with Gasteiger partial charge in [-0.25, -0.2) is 29.3 Å². The molecule has 0 saturated carbocycles. The van der Waals surface area contributed by atoms with Gasteiger partial charge in [-0.15, -0.1) is 0 Å². The number of carbonyl (C=O) groups excluding carboxylic acids is 3. The Balaban J connectivity index is 0.000000187. The van der Waals surface area contributed by atoms with E-state index >= 15 is 0 Å². The molecule has 9 aromatic rings. The zero-order chi connectivity index (χ0) is 84.3. The number of amides is 3. The molecular formula is C90H111Br3Cl3N15O9. The van der Waals surface area contributed by atoms with Gasteiger partial charge in [0.2, 0.25) is 0 Å². The molecule has 642 valence electrons. The van der Waals surface area contributed by atoms with E-state index in [1.165, 1.54) is 0 Å². The van der Waals surface area contributed by atoms with E-state index in [9.17, 15) is 29.7 Å². The molecule has 9 heterocycles. The Hall–Kier alpha value is -8.16. The smallest absolute Gasteiger partial charge is 0.410 e. The molecule has 3 unspecified atom stereocenters. The highest BCUT2D eigenvalue weighted by Gasteiger charge is 2.45. The molecular weight excluding hydrogens is 1780 g/mol. The van der Waals surface area contributed by atoms with Crippen molar-refractivity contribution in [1.29, 1.82) is 0 Å². The van der Waals surface area contributed by atoms with Gasteiger partial charge >= 0.3 is 18.3 Å². The van der Waals surface area contributed by atoms with Crippen LogP contribution in [0.1, 0.15) is 208 Å². The average molecular weight is 1890 g/mol. The molecule has 6 atom stereocenters. The number of benzene rings is 3. The first-order valence-electron chi connectivity index (χ1n) is 38.8. The predicted octanol–water partition coefficient (Wildman–Crippen LogP) is 18.8. The molecule has 120 heavy (non-hydrogen) atoms. The van der Waals surface area contributed by atoms with Crippen LogP contribution in [0.2, 0.25) is 15.1 Å². The summed E-state index contributed by atoms with van der Waals surface area (Å²) in [4.78, 5) is 77.9. The second-order valence-corrected chi connectivity index (χ2v) is 37.9. The quantitative estimate of drug-likeness (QED) is 0.114. The van der Waals surface area contributed by atoms with Crippen LogP contribution in [0.5, 0.6) is 0 Å². The first kappa shape index (κ1) is 94.1. The van der Waals surface area contributed by atoms with Crippen LogP contribution in [0.4, 0.5) is 14.4 Å². The standard InChI is InChI=1S/3C29H33BrClN5O3.3CH4/c3*1-28(2,3)39-27(37)36-10-8-35(9-11-36)26-21-7-6-20(31)14-22(21)23(13-18-12-19(30)15-33-25(18)26)29(4,38)24-16-32-17-34(24)5;;;/h3*6-7,12-17,26,38H,8-11H2,1-5H3;3*1H4/t3*26-,29?;;;/m000.../s1. The molecule has 3 N–H and O–H groups in total. The molecule has 6 aromatic heterocycles. The van der Waals surface area contributed by atoms with Crippen LogP contribution in [0.25, 0.3) is 34.9 Å². The molecule has 0 radical (unpaired) electrons. The second kappa shape index (κ2) is 37.1. The topological polar surface area (TPSA) is 251 Å². The number of imidazole rings is 3. The third kappa shape index (κ3) is 20.4. The van der Waals surface area contributed by atoms with E-state index in [0.717, 1.165) is 80.6 Å². The number of piperazine rings is 3. The monoisotopic (exact) mass is 1890 g/mol. The van der Waals surface area contributed by atoms with Crippen molar-refractivity contribution in [3.05, 3.63) is 242 Å². The third-order valence-corrected chi connectivity index (χ3v) is 23.7. The maximum absolute atomic E-state index is 12.7. The lowest BCUT2D eigenvalue weighted by atomic mass is 9.84. The summed E-state index contributed by atoms with van der Waals surface area (Å²) in [5.41, 5.74) is 9.22. The Morgan fingerprint density at radius 1 is 0.375 bits per heavy atom. The van der Waals surface area contributed by atoms with Crippen molar-refractivity contribution in [3.63, 3.8) is 0 Å². The number of aliphatic hydroxyl groups is 3. The number of aryl methyl sites for hydroxylation is 3. The number of hydrogen-bond donors (Lipinski definition) is 3. The lowest BCUT2D eigenvalue weighted by Crippen LogP contribution is -2.51. The number of nitrogens with zero attached hydrogens (tertiary/aromatic N) is 15. The molecule has 3 fully saturated rings. The van der Waals surface area contributed by atoms with Gasteiger partial charge in [-0.3, -0.25) is 29.7 Å². The van der Waals surface area contributed by atoms with Gasteiger partial charge in [0.15, 0.2) is 0 Å². The average Bonchev–Trinajstić information content (AvgIpc) is 1.58. The predicted molar refractivity (Wildman–Crippen MR) is 486 cm³/mol. The SMILES string of the molecule is C.C.C.Cn1cncc1C(C)(O)C1=Cc2cc(Br)cnc2[C@@H](N2CCN(C(=O)OC(C)(C)C)CC2)c2ccc(Cl)cc21.Cn1cncc1C(C)(O)C1=Cc2cc(Br)cnc2[C@@H](N2CCN(C(=O)OC(C)(C)C)CC2)c2ccc(Cl)cc21.Cn1cncc1C(C)(O)C1=Cc2cc(Br)cnc2[C@@H](N2CCN(C(=O)OC(C)(C)C)CC2)c2ccc(Cl)cc21. The first-order chi connectivity index (χ1) is 55.0. The Bertz CT molecular complexity index is 4830. The van der Waals surface area contributed by atoms with E-state index in [4.69, 9.17) is 64.0 Å². The van der Waals surface area contributed by atoms with Crippen molar-refractivity contribution < 1.29 is 43.9 Å². The molecule has 6 aliphatic rings. The van der Waals surface area contributed by atoms with Crippen LogP contribution in [0.15, 0.2) is 142 Å². The summed E-state index contributed by atoms with van der Waals surface area (Å²) >= 11 is 30.4. The molecule has 3 aliphatic heterocycles. The van der Waals surface area contributed by atoms with Crippen molar-refractivity contribution in [3.8, 4) is 0 Å². The van der Waals surface area contributed by atoms with E-state index in [-0.39, 0.29) is 58.7 Å². The molecule has 24 nitrogen and oxygen atoms in total. The normalized spacial score (nSPS) is 18.9. The summed E-state index contributed by atoms with van der Waals surface area (Å²) in [6, 6.07) is 22.9. The minimum absolute atomic E-state index is 0. The Morgan fingerprint density at radius 3 is 0.817 bits per heavy atom. The maximum atomic E-state index is 12.7. The van der Waals surface area contributed by atoms with Crippen molar-refractivity contribution >= 4 is 136 Å². The summed E-state index contributed by atoms with van der Waals surface area (Å²) in [6.45, 7) is 29.3. The van der Waals surface area contributed by atoms with E-state index in [1.54, 1.807) is 91.6 Å². The number of pyridine rings is 3. The maximum Gasteiger partial charge on any atom is 0.410 e. The van der Waals surface area contributed by atoms with Gasteiger partial charge in [-0.2, -0.15) is 0 Å². The van der Waals surface area contributed by atoms with E-state index in [2.05, 4.69) is 77.4 Å². The van der Waals surface area contributed by atoms with Gasteiger partial charge < -0.3 is 57.9 Å². The number of fused-ring (bicyclic) bond motifs is 6. The Labute approximate surface area is 745 Å². The lowest BCUT2D eigenvalue weighted by Gasteiger charge is -2.40. The van der Waals surface area contributed by atoms with Crippen molar-refractivity contribution in [1.82, 2.24) is 73.0 Å². The molecule has 0 spiro atoms. The summed E-state index contributed by atoms with van der Waals surface area (Å²) in [7, 11) is 5.60. The van der Waals surface area contributed by atoms with Gasteiger partial charge in [0, 0.05) is 147 Å². The van der Waals surface area contributed by atoms with Crippen LogP contribution >= 0.6 is 82.6 Å². The highest BCUT2D eigenvalue weighted by molar-refractivity contribution is 9.11. The number of aromatic nitrogens is 9. The van der Waals surface area contributed by atoms with Crippen LogP contribution in [0.3, 0.4) is 0 Å². The fourth-order valence-corrected chi connectivity index (χ4v) is 17.8. The minimum Gasteiger partial charge on any atom is -0.444 e. The third-order valence-electron chi connectivity index (χ3n) is 21.7. The van der Waals surface area contributed by atoms with Crippen LogP contribution < -0.4 is 0 Å². The van der Waals surface area contributed by atoms with E-state index < -0.39 is 33.6 Å². The zero-order valence-electron chi connectivity index (χ0n) is 68.3. The summed E-state index contributed by atoms with van der Waals surface area (Å²) in [6.07, 6.45) is 20.6. The van der Waals surface area contributed by atoms with Crippen molar-refractivity contribution in [2.24, 2.45) is 21.1 Å². The largest absolute Gasteiger partial charge is 0.444 e. The number of hydrogen-bond acceptors (Lipinski definition) is 18. The van der Waals surface area contributed by atoms with E-state index in [0.29, 0.717) is 127 Å². The van der Waals surface area contributed by atoms with Gasteiger partial charge in [0.25, 0.3) is 0 Å². The molecule has 3 saturated heterocycles. The second-order valence-electron chi connectivity index (χ2n) is 33.9. The molecule has 3 amide bonds. The number of ether oxygens (including phenoxy) is 3. The Morgan fingerprint density at radius 2 is 0.608 bits per heavy atom. The molecule has 15 rings (SSSR count). The highest BCUT2D eigenvalue weighted by Crippen LogP contribution is 2.51. The fraction of sp³-hybridized carbons (Fsp3) is 0.433. The van der Waals surface area contributed by atoms with Crippen LogP contribution in [0, 0.1) is 0 Å².